The van der Waals surface area contributed by atoms with Crippen molar-refractivity contribution < 1.29 is 28.5 Å². The van der Waals surface area contributed by atoms with E-state index in [1.54, 1.807) is 17.2 Å². The summed E-state index contributed by atoms with van der Waals surface area (Å²) in [5, 5.41) is 0. The minimum Gasteiger partial charge on any atom is -0.486 e. The number of carbonyl (C=O) groups excluding carboxylic acids is 2. The molecule has 0 saturated carbocycles. The number of piperidine rings is 1. The lowest BCUT2D eigenvalue weighted by Gasteiger charge is -2.36. The number of nitrogens with zero attached hydrogens (tertiary/aromatic N) is 3. The molecule has 35 heavy (non-hydrogen) atoms. The summed E-state index contributed by atoms with van der Waals surface area (Å²) in [5.41, 5.74) is 0.305. The fraction of sp³-hybridized carbons (Fsp3) is 0.500. The third-order valence-electron chi connectivity index (χ3n) is 5.80. The van der Waals surface area contributed by atoms with Gasteiger partial charge in [-0.15, -0.1) is 0 Å². The molecular weight excluding hydrogens is 450 g/mol. The van der Waals surface area contributed by atoms with Gasteiger partial charge in [-0.05, 0) is 11.5 Å². The lowest BCUT2D eigenvalue weighted by Crippen LogP contribution is -2.48. The molecule has 188 valence electrons. The molecule has 4 heterocycles. The second-order valence-corrected chi connectivity index (χ2v) is 9.58. The maximum absolute atomic E-state index is 12.6. The lowest BCUT2D eigenvalue weighted by molar-refractivity contribution is -0.00108. The van der Waals surface area contributed by atoms with Gasteiger partial charge in [-0.3, -0.25) is 4.90 Å². The Morgan fingerprint density at radius 3 is 2.43 bits per heavy atom. The van der Waals surface area contributed by atoms with Gasteiger partial charge >= 0.3 is 12.2 Å². The zero-order valence-corrected chi connectivity index (χ0v) is 20.6. The topological polar surface area (TPSA) is 90.4 Å². The molecular formula is C26H33N3O6. The molecule has 2 aromatic rings. The van der Waals surface area contributed by atoms with Crippen LogP contribution in [0.1, 0.15) is 39.2 Å². The Morgan fingerprint density at radius 2 is 1.74 bits per heavy atom. The first-order valence-electron chi connectivity index (χ1n) is 12.1. The summed E-state index contributed by atoms with van der Waals surface area (Å²) in [6.45, 7) is 8.98. The fourth-order valence-corrected chi connectivity index (χ4v) is 4.05. The molecule has 2 amide bonds. The summed E-state index contributed by atoms with van der Waals surface area (Å²) in [6.07, 6.45) is 1.85. The van der Waals surface area contributed by atoms with E-state index in [4.69, 9.17) is 18.9 Å². The van der Waals surface area contributed by atoms with Crippen LogP contribution in [-0.4, -0.2) is 60.5 Å². The van der Waals surface area contributed by atoms with E-state index in [0.29, 0.717) is 63.0 Å². The number of pyridine rings is 1. The summed E-state index contributed by atoms with van der Waals surface area (Å²) in [6, 6.07) is 11.3. The molecule has 3 aliphatic heterocycles. The summed E-state index contributed by atoms with van der Waals surface area (Å²) < 4.78 is 22.2. The average molecular weight is 484 g/mol. The lowest BCUT2D eigenvalue weighted by atomic mass is 9.91. The highest BCUT2D eigenvalue weighted by Crippen LogP contribution is 2.38. The van der Waals surface area contributed by atoms with E-state index >= 15 is 0 Å². The first-order valence-corrected chi connectivity index (χ1v) is 12.1. The van der Waals surface area contributed by atoms with E-state index in [2.05, 4.69) is 25.8 Å². The SMILES string of the molecule is CC(C)C.O=C(OCc1ccccc1)N1CCC2(CC1)CN(c1cc3c(cn1)OCCO3)C(=O)O2. The summed E-state index contributed by atoms with van der Waals surface area (Å²) >= 11 is 0. The van der Waals surface area contributed by atoms with Crippen molar-refractivity contribution in [1.29, 1.82) is 0 Å². The van der Waals surface area contributed by atoms with E-state index in [-0.39, 0.29) is 12.7 Å². The van der Waals surface area contributed by atoms with E-state index < -0.39 is 11.7 Å². The van der Waals surface area contributed by atoms with Crippen molar-refractivity contribution in [3.05, 3.63) is 48.2 Å². The van der Waals surface area contributed by atoms with Crippen LogP contribution in [0.25, 0.3) is 0 Å². The van der Waals surface area contributed by atoms with Crippen molar-refractivity contribution in [2.75, 3.05) is 37.7 Å². The number of carbonyl (C=O) groups is 2. The second-order valence-electron chi connectivity index (χ2n) is 9.58. The Morgan fingerprint density at radius 1 is 1.09 bits per heavy atom. The fourth-order valence-electron chi connectivity index (χ4n) is 4.05. The van der Waals surface area contributed by atoms with Crippen LogP contribution in [0, 0.1) is 5.92 Å². The molecule has 9 heteroatoms. The number of benzene rings is 1. The van der Waals surface area contributed by atoms with Gasteiger partial charge in [-0.2, -0.15) is 0 Å². The van der Waals surface area contributed by atoms with Crippen LogP contribution in [0.2, 0.25) is 0 Å². The van der Waals surface area contributed by atoms with Gasteiger partial charge in [0.25, 0.3) is 0 Å². The number of fused-ring (bicyclic) bond motifs is 1. The van der Waals surface area contributed by atoms with Crippen LogP contribution in [0.3, 0.4) is 0 Å². The third kappa shape index (κ3) is 6.15. The molecule has 1 aromatic heterocycles. The molecule has 9 nitrogen and oxygen atoms in total. The Kier molecular flexibility index (Phi) is 7.63. The molecule has 0 bridgehead atoms. The van der Waals surface area contributed by atoms with Gasteiger partial charge in [-0.25, -0.2) is 14.6 Å². The minimum absolute atomic E-state index is 0.236. The van der Waals surface area contributed by atoms with Gasteiger partial charge in [0.1, 0.15) is 31.2 Å². The maximum atomic E-state index is 12.6. The molecule has 0 atom stereocenters. The molecule has 0 radical (unpaired) electrons. The van der Waals surface area contributed by atoms with Gasteiger partial charge < -0.3 is 23.8 Å². The van der Waals surface area contributed by atoms with E-state index in [0.717, 1.165) is 11.5 Å². The number of ether oxygens (including phenoxy) is 4. The number of aromatic nitrogens is 1. The number of likely N-dealkylation sites (tertiary alicyclic amines) is 1. The number of rotatable bonds is 3. The van der Waals surface area contributed by atoms with Crippen molar-refractivity contribution in [2.45, 2.75) is 45.8 Å². The van der Waals surface area contributed by atoms with Crippen molar-refractivity contribution in [2.24, 2.45) is 5.92 Å². The number of amides is 2. The Bertz CT molecular complexity index is 1020. The molecule has 1 spiro atoms. The zero-order valence-electron chi connectivity index (χ0n) is 20.6. The van der Waals surface area contributed by atoms with Crippen LogP contribution in [0.5, 0.6) is 11.5 Å². The van der Waals surface area contributed by atoms with Crippen LogP contribution in [0.4, 0.5) is 15.4 Å². The number of anilines is 1. The minimum atomic E-state index is -0.637. The number of hydrogen-bond acceptors (Lipinski definition) is 7. The Hall–Kier alpha value is -3.49. The third-order valence-corrected chi connectivity index (χ3v) is 5.80. The molecule has 3 aliphatic rings. The van der Waals surface area contributed by atoms with Gasteiger partial charge in [0.2, 0.25) is 0 Å². The van der Waals surface area contributed by atoms with Crippen molar-refractivity contribution >= 4 is 18.0 Å². The molecule has 5 rings (SSSR count). The summed E-state index contributed by atoms with van der Waals surface area (Å²) in [4.78, 5) is 32.5. The summed E-state index contributed by atoms with van der Waals surface area (Å²) in [5.74, 6) is 2.44. The average Bonchev–Trinajstić information content (AvgIpc) is 3.18. The molecule has 0 N–H and O–H groups in total. The normalized spacial score (nSPS) is 18.1. The van der Waals surface area contributed by atoms with E-state index in [9.17, 15) is 9.59 Å². The summed E-state index contributed by atoms with van der Waals surface area (Å²) in [7, 11) is 0. The number of hydrogen-bond donors (Lipinski definition) is 0. The first kappa shape index (κ1) is 24.6. The van der Waals surface area contributed by atoms with E-state index in [1.807, 2.05) is 30.3 Å². The highest BCUT2D eigenvalue weighted by Gasteiger charge is 2.48. The van der Waals surface area contributed by atoms with Gasteiger partial charge in [0, 0.05) is 32.0 Å². The van der Waals surface area contributed by atoms with Gasteiger partial charge in [0.15, 0.2) is 11.5 Å². The largest absolute Gasteiger partial charge is 0.486 e. The van der Waals surface area contributed by atoms with Crippen molar-refractivity contribution in [3.8, 4) is 11.5 Å². The molecule has 2 fully saturated rings. The quantitative estimate of drug-likeness (QED) is 0.628. The predicted molar refractivity (Wildman–Crippen MR) is 130 cm³/mol. The smallest absolute Gasteiger partial charge is 0.416 e. The second kappa shape index (κ2) is 10.8. The monoisotopic (exact) mass is 483 g/mol. The highest BCUT2D eigenvalue weighted by molar-refractivity contribution is 5.89. The Balaban J connectivity index is 0.000000672. The molecule has 2 saturated heterocycles. The van der Waals surface area contributed by atoms with Crippen LogP contribution >= 0.6 is 0 Å². The zero-order chi connectivity index (χ0) is 24.8. The standard InChI is InChI=1S/C22H23N3O6.C4H10/c26-20(30-14-16-4-2-1-3-5-16)24-8-6-22(7-9-24)15-25(21(27)31-22)19-12-17-18(13-23-19)29-11-10-28-17;1-4(2)3/h1-5,12-13H,6-11,14-15H2;4H,1-3H3. The van der Waals surface area contributed by atoms with Crippen LogP contribution < -0.4 is 14.4 Å². The first-order chi connectivity index (χ1) is 16.8. The van der Waals surface area contributed by atoms with Crippen molar-refractivity contribution in [1.82, 2.24) is 9.88 Å². The van der Waals surface area contributed by atoms with Gasteiger partial charge in [-0.1, -0.05) is 51.1 Å². The van der Waals surface area contributed by atoms with E-state index in [1.165, 1.54) is 4.90 Å². The maximum Gasteiger partial charge on any atom is 0.416 e. The predicted octanol–water partition coefficient (Wildman–Crippen LogP) is 4.64. The van der Waals surface area contributed by atoms with Gasteiger partial charge in [0.05, 0.1) is 12.7 Å². The highest BCUT2D eigenvalue weighted by atomic mass is 16.6. The molecule has 0 aliphatic carbocycles. The van der Waals surface area contributed by atoms with Crippen molar-refractivity contribution in [3.63, 3.8) is 0 Å². The van der Waals surface area contributed by atoms with Crippen LogP contribution in [0.15, 0.2) is 42.6 Å². The Labute approximate surface area is 205 Å². The molecule has 0 unspecified atom stereocenters. The molecule has 1 aromatic carbocycles. The van der Waals surface area contributed by atoms with Crippen LogP contribution in [-0.2, 0) is 16.1 Å².